The van der Waals surface area contributed by atoms with E-state index in [0.29, 0.717) is 44.3 Å². The quantitative estimate of drug-likeness (QED) is 0.735. The van der Waals surface area contributed by atoms with Crippen LogP contribution in [-0.4, -0.2) is 60.0 Å². The average Bonchev–Trinajstić information content (AvgIpc) is 2.78. The number of carbonyl (C=O) groups is 1. The van der Waals surface area contributed by atoms with Gasteiger partial charge in [-0.25, -0.2) is 8.42 Å². The van der Waals surface area contributed by atoms with Crippen LogP contribution in [0, 0.1) is 0 Å². The van der Waals surface area contributed by atoms with Gasteiger partial charge in [-0.2, -0.15) is 0 Å². The fourth-order valence-electron chi connectivity index (χ4n) is 4.27. The molecule has 2 aliphatic heterocycles. The first kappa shape index (κ1) is 21.6. The summed E-state index contributed by atoms with van der Waals surface area (Å²) in [6, 6.07) is 15.0. The van der Waals surface area contributed by atoms with Gasteiger partial charge in [0.1, 0.15) is 12.4 Å². The van der Waals surface area contributed by atoms with E-state index in [1.807, 2.05) is 23.1 Å². The maximum absolute atomic E-state index is 12.9. The molecule has 0 spiro atoms. The highest BCUT2D eigenvalue weighted by molar-refractivity contribution is 7.90. The van der Waals surface area contributed by atoms with Crippen molar-refractivity contribution >= 4 is 21.4 Å². The topological polar surface area (TPSA) is 84.9 Å². The Bertz CT molecular complexity index is 1030. The number of hydrogen-bond acceptors (Lipinski definition) is 6. The minimum Gasteiger partial charge on any atom is -0.490 e. The van der Waals surface area contributed by atoms with Crippen molar-refractivity contribution in [2.24, 2.45) is 0 Å². The van der Waals surface area contributed by atoms with Crippen molar-refractivity contribution < 1.29 is 22.7 Å². The third kappa shape index (κ3) is 4.85. The third-order valence-corrected chi connectivity index (χ3v) is 7.22. The molecule has 1 amide bonds. The lowest BCUT2D eigenvalue weighted by Crippen LogP contribution is -2.48. The van der Waals surface area contributed by atoms with Crippen LogP contribution in [0.4, 0.5) is 5.69 Å². The van der Waals surface area contributed by atoms with Crippen LogP contribution in [0.15, 0.2) is 53.4 Å². The highest BCUT2D eigenvalue weighted by atomic mass is 32.2. The lowest BCUT2D eigenvalue weighted by Gasteiger charge is -2.38. The van der Waals surface area contributed by atoms with Crippen LogP contribution in [0.25, 0.3) is 0 Å². The number of sulfone groups is 1. The molecule has 2 aromatic rings. The molecule has 7 nitrogen and oxygen atoms in total. The first-order chi connectivity index (χ1) is 14.9. The predicted molar refractivity (Wildman–Crippen MR) is 118 cm³/mol. The number of amides is 1. The van der Waals surface area contributed by atoms with Crippen LogP contribution in [0.3, 0.4) is 0 Å². The molecule has 0 atom stereocenters. The maximum atomic E-state index is 12.9. The molecular weight excluding hydrogens is 416 g/mol. The van der Waals surface area contributed by atoms with E-state index in [1.54, 1.807) is 12.1 Å². The maximum Gasteiger partial charge on any atom is 0.239 e. The van der Waals surface area contributed by atoms with Crippen LogP contribution < -0.4 is 15.0 Å². The Balaban J connectivity index is 1.47. The molecule has 0 unspecified atom stereocenters. The Hall–Kier alpha value is -2.58. The van der Waals surface area contributed by atoms with Crippen molar-refractivity contribution in [1.29, 1.82) is 0 Å². The molecule has 166 valence electrons. The summed E-state index contributed by atoms with van der Waals surface area (Å²) in [5.74, 6) is 0.496. The van der Waals surface area contributed by atoms with Gasteiger partial charge in [-0.3, -0.25) is 4.79 Å². The second-order valence-electron chi connectivity index (χ2n) is 8.21. The van der Waals surface area contributed by atoms with Gasteiger partial charge in [0, 0.05) is 31.4 Å². The van der Waals surface area contributed by atoms with Gasteiger partial charge in [-0.15, -0.1) is 0 Å². The van der Waals surface area contributed by atoms with E-state index in [-0.39, 0.29) is 22.8 Å². The van der Waals surface area contributed by atoms with Crippen LogP contribution in [0.5, 0.6) is 5.75 Å². The van der Waals surface area contributed by atoms with E-state index in [0.717, 1.165) is 12.8 Å². The SMILES string of the molecule is CS(=O)(=O)c1ccc2c(c1)N(CC(=O)NCC1(c3ccccc3)CCOCC1)CCO2. The lowest BCUT2D eigenvalue weighted by molar-refractivity contribution is -0.120. The monoisotopic (exact) mass is 444 g/mol. The Morgan fingerprint density at radius 2 is 1.84 bits per heavy atom. The fourth-order valence-corrected chi connectivity index (χ4v) is 4.91. The van der Waals surface area contributed by atoms with Gasteiger partial charge < -0.3 is 19.7 Å². The Kier molecular flexibility index (Phi) is 6.20. The first-order valence-corrected chi connectivity index (χ1v) is 12.4. The molecule has 8 heteroatoms. The van der Waals surface area contributed by atoms with Crippen molar-refractivity contribution in [3.8, 4) is 5.75 Å². The summed E-state index contributed by atoms with van der Waals surface area (Å²) in [4.78, 5) is 15.0. The number of rotatable bonds is 6. The van der Waals surface area contributed by atoms with Gasteiger partial charge in [0.2, 0.25) is 5.91 Å². The van der Waals surface area contributed by atoms with Gasteiger partial charge in [-0.05, 0) is 36.6 Å². The zero-order valence-electron chi connectivity index (χ0n) is 17.7. The fraction of sp³-hybridized carbons (Fsp3) is 0.435. The average molecular weight is 445 g/mol. The molecule has 4 rings (SSSR count). The lowest BCUT2D eigenvalue weighted by atomic mass is 9.74. The van der Waals surface area contributed by atoms with Crippen LogP contribution in [-0.2, 0) is 24.8 Å². The predicted octanol–water partition coefficient (Wildman–Crippen LogP) is 2.15. The number of anilines is 1. The third-order valence-electron chi connectivity index (χ3n) is 6.11. The second kappa shape index (κ2) is 8.88. The Morgan fingerprint density at radius 3 is 2.55 bits per heavy atom. The van der Waals surface area contributed by atoms with E-state index >= 15 is 0 Å². The number of hydrogen-bond donors (Lipinski definition) is 1. The van der Waals surface area contributed by atoms with Gasteiger partial charge in [0.25, 0.3) is 0 Å². The van der Waals surface area contributed by atoms with Crippen molar-refractivity contribution in [2.45, 2.75) is 23.2 Å². The molecule has 1 fully saturated rings. The van der Waals surface area contributed by atoms with Crippen molar-refractivity contribution in [3.05, 3.63) is 54.1 Å². The number of fused-ring (bicyclic) bond motifs is 1. The summed E-state index contributed by atoms with van der Waals surface area (Å²) in [6.45, 7) is 3.01. The minimum atomic E-state index is -3.35. The molecular formula is C23H28N2O5S. The van der Waals surface area contributed by atoms with E-state index < -0.39 is 9.84 Å². The summed E-state index contributed by atoms with van der Waals surface area (Å²) in [5, 5.41) is 3.12. The number of nitrogens with one attached hydrogen (secondary N) is 1. The van der Waals surface area contributed by atoms with Gasteiger partial charge >= 0.3 is 0 Å². The second-order valence-corrected chi connectivity index (χ2v) is 10.2. The summed E-state index contributed by atoms with van der Waals surface area (Å²) < 4.78 is 35.1. The molecule has 0 aromatic heterocycles. The number of ether oxygens (including phenoxy) is 2. The van der Waals surface area contributed by atoms with Crippen molar-refractivity contribution in [2.75, 3.05) is 50.6 Å². The zero-order valence-corrected chi connectivity index (χ0v) is 18.5. The normalized spacial score (nSPS) is 18.0. The smallest absolute Gasteiger partial charge is 0.239 e. The van der Waals surface area contributed by atoms with Crippen LogP contribution >= 0.6 is 0 Å². The Morgan fingerprint density at radius 1 is 1.10 bits per heavy atom. The Labute approximate surface area is 183 Å². The molecule has 0 bridgehead atoms. The molecule has 2 heterocycles. The van der Waals surface area contributed by atoms with E-state index in [9.17, 15) is 13.2 Å². The van der Waals surface area contributed by atoms with Crippen LogP contribution in [0.2, 0.25) is 0 Å². The van der Waals surface area contributed by atoms with Gasteiger partial charge in [0.15, 0.2) is 9.84 Å². The van der Waals surface area contributed by atoms with Crippen LogP contribution in [0.1, 0.15) is 18.4 Å². The summed E-state index contributed by atoms with van der Waals surface area (Å²) in [7, 11) is -3.35. The van der Waals surface area contributed by atoms with Crippen molar-refractivity contribution in [3.63, 3.8) is 0 Å². The summed E-state index contributed by atoms with van der Waals surface area (Å²) >= 11 is 0. The van der Waals surface area contributed by atoms with E-state index in [1.165, 1.54) is 17.9 Å². The molecule has 0 aliphatic carbocycles. The number of nitrogens with zero attached hydrogens (tertiary/aromatic N) is 1. The molecule has 2 aromatic carbocycles. The summed E-state index contributed by atoms with van der Waals surface area (Å²) in [6.07, 6.45) is 2.89. The first-order valence-electron chi connectivity index (χ1n) is 10.5. The zero-order chi connectivity index (χ0) is 21.9. The molecule has 2 aliphatic rings. The molecule has 0 saturated carbocycles. The highest BCUT2D eigenvalue weighted by Crippen LogP contribution is 2.35. The van der Waals surface area contributed by atoms with Gasteiger partial charge in [-0.1, -0.05) is 30.3 Å². The minimum absolute atomic E-state index is 0.0978. The summed E-state index contributed by atoms with van der Waals surface area (Å²) in [5.41, 5.74) is 1.71. The molecule has 0 radical (unpaired) electrons. The van der Waals surface area contributed by atoms with Crippen molar-refractivity contribution in [1.82, 2.24) is 5.32 Å². The standard InChI is InChI=1S/C23H28N2O5S/c1-31(27,28)19-7-8-21-20(15-19)25(11-14-30-21)16-22(26)24-17-23(9-12-29-13-10-23)18-5-3-2-4-6-18/h2-8,15H,9-14,16-17H2,1H3,(H,24,26). The van der Waals surface area contributed by atoms with E-state index in [4.69, 9.17) is 9.47 Å². The molecule has 1 N–H and O–H groups in total. The highest BCUT2D eigenvalue weighted by Gasteiger charge is 2.35. The number of benzene rings is 2. The molecule has 31 heavy (non-hydrogen) atoms. The number of carbonyl (C=O) groups excluding carboxylic acids is 1. The largest absolute Gasteiger partial charge is 0.490 e. The molecule has 1 saturated heterocycles. The van der Waals surface area contributed by atoms with Gasteiger partial charge in [0.05, 0.1) is 23.7 Å². The van der Waals surface area contributed by atoms with E-state index in [2.05, 4.69) is 17.4 Å².